The average Bonchev–Trinajstić information content (AvgIpc) is 3.19. The van der Waals surface area contributed by atoms with Crippen molar-refractivity contribution < 1.29 is 23.1 Å². The van der Waals surface area contributed by atoms with Gasteiger partial charge in [-0.2, -0.15) is 0 Å². The smallest absolute Gasteiger partial charge is 0.339 e. The van der Waals surface area contributed by atoms with Crippen molar-refractivity contribution in [3.63, 3.8) is 0 Å². The van der Waals surface area contributed by atoms with Gasteiger partial charge in [0, 0.05) is 12.7 Å². The molecule has 5 nitrogen and oxygen atoms in total. The number of benzene rings is 1. The number of aromatic carboxylic acids is 1. The quantitative estimate of drug-likeness (QED) is 0.922. The summed E-state index contributed by atoms with van der Waals surface area (Å²) in [5.74, 6) is -0.396. The average molecular weight is 296 g/mol. The van der Waals surface area contributed by atoms with E-state index in [1.165, 1.54) is 0 Å². The van der Waals surface area contributed by atoms with Crippen LogP contribution in [0.1, 0.15) is 46.7 Å². The van der Waals surface area contributed by atoms with Crippen LogP contribution < -0.4 is 4.74 Å². The molecule has 108 valence electrons. The van der Waals surface area contributed by atoms with Crippen molar-refractivity contribution in [3.8, 4) is 5.75 Å². The van der Waals surface area contributed by atoms with E-state index in [-0.39, 0.29) is 11.3 Å². The minimum atomic E-state index is -3.34. The van der Waals surface area contributed by atoms with Crippen LogP contribution in [0.25, 0.3) is 0 Å². The molecule has 0 bridgehead atoms. The number of ether oxygens (including phenoxy) is 1. The monoisotopic (exact) mass is 296 g/mol. The van der Waals surface area contributed by atoms with Gasteiger partial charge >= 0.3 is 5.97 Å². The topological polar surface area (TPSA) is 80.7 Å². The highest BCUT2D eigenvalue weighted by molar-refractivity contribution is 7.91. The Kier molecular flexibility index (Phi) is 3.01. The molecule has 1 heterocycles. The number of carboxylic acids is 1. The third-order valence-corrected chi connectivity index (χ3v) is 5.13. The molecule has 2 aliphatic rings. The van der Waals surface area contributed by atoms with Crippen molar-refractivity contribution >= 4 is 15.8 Å². The summed E-state index contributed by atoms with van der Waals surface area (Å²) >= 11 is 0. The van der Waals surface area contributed by atoms with Crippen molar-refractivity contribution in [2.75, 3.05) is 6.26 Å². The van der Waals surface area contributed by atoms with Gasteiger partial charge in [0.15, 0.2) is 15.3 Å². The van der Waals surface area contributed by atoms with E-state index in [2.05, 4.69) is 0 Å². The molecule has 6 heteroatoms. The Hall–Kier alpha value is -1.56. The van der Waals surface area contributed by atoms with Gasteiger partial charge in [0.1, 0.15) is 11.3 Å². The van der Waals surface area contributed by atoms with Gasteiger partial charge in [-0.1, -0.05) is 6.07 Å². The summed E-state index contributed by atoms with van der Waals surface area (Å²) in [6.07, 6.45) is 4.20. The molecule has 1 saturated carbocycles. The Balaban J connectivity index is 2.06. The first-order valence-corrected chi connectivity index (χ1v) is 8.57. The first-order chi connectivity index (χ1) is 9.36. The van der Waals surface area contributed by atoms with Gasteiger partial charge in [-0.15, -0.1) is 0 Å². The molecule has 1 unspecified atom stereocenters. The molecular formula is C14H16O5S. The second-order valence-corrected chi connectivity index (χ2v) is 7.74. The largest absolute Gasteiger partial charge is 0.478 e. The maximum absolute atomic E-state index is 11.6. The number of rotatable bonds is 3. The van der Waals surface area contributed by atoms with Crippen molar-refractivity contribution in [2.24, 2.45) is 0 Å². The third-order valence-electron chi connectivity index (χ3n) is 3.84. The van der Waals surface area contributed by atoms with Crippen LogP contribution in [-0.2, 0) is 16.3 Å². The Morgan fingerprint density at radius 2 is 2.00 bits per heavy atom. The Labute approximate surface area is 117 Å². The number of hydrogen-bond donors (Lipinski definition) is 1. The fourth-order valence-corrected chi connectivity index (χ4v) is 3.43. The van der Waals surface area contributed by atoms with Crippen molar-refractivity contribution in [3.05, 3.63) is 28.8 Å². The van der Waals surface area contributed by atoms with Crippen LogP contribution in [-0.4, -0.2) is 31.2 Å². The summed E-state index contributed by atoms with van der Waals surface area (Å²) in [5.41, 5.74) is 0.979. The summed E-state index contributed by atoms with van der Waals surface area (Å²) in [6.45, 7) is 0. The highest BCUT2D eigenvalue weighted by atomic mass is 32.2. The zero-order valence-electron chi connectivity index (χ0n) is 11.1. The van der Waals surface area contributed by atoms with E-state index in [4.69, 9.17) is 4.74 Å². The molecule has 0 aromatic heterocycles. The van der Waals surface area contributed by atoms with Crippen molar-refractivity contribution in [1.82, 2.24) is 0 Å². The normalized spacial score (nSPS) is 21.9. The molecule has 0 radical (unpaired) electrons. The van der Waals surface area contributed by atoms with Crippen LogP contribution in [0.15, 0.2) is 12.1 Å². The molecular weight excluding hydrogens is 280 g/mol. The first kappa shape index (κ1) is 13.4. The lowest BCUT2D eigenvalue weighted by Crippen LogP contribution is -2.31. The molecule has 1 atom stereocenters. The van der Waals surface area contributed by atoms with Crippen LogP contribution in [0.2, 0.25) is 0 Å². The second-order valence-electron chi connectivity index (χ2n) is 5.55. The number of sulfone groups is 1. The summed E-state index contributed by atoms with van der Waals surface area (Å²) in [4.78, 5) is 11.4. The van der Waals surface area contributed by atoms with Crippen LogP contribution in [0.5, 0.6) is 5.75 Å². The highest BCUT2D eigenvalue weighted by Crippen LogP contribution is 2.44. The molecule has 1 aromatic carbocycles. The molecule has 1 aliphatic carbocycles. The van der Waals surface area contributed by atoms with Crippen LogP contribution in [0.4, 0.5) is 0 Å². The van der Waals surface area contributed by atoms with Crippen LogP contribution in [0.3, 0.4) is 0 Å². The van der Waals surface area contributed by atoms with Gasteiger partial charge in [-0.3, -0.25) is 0 Å². The standard InChI is InChI=1S/C14H16O5S/c1-20(17,18)12-5-4-9-6-10(8-2-3-8)7-11(14(15)16)13(9)19-12/h6-8,12H,2-5H2,1H3,(H,15,16). The zero-order valence-corrected chi connectivity index (χ0v) is 11.9. The fourth-order valence-electron chi connectivity index (χ4n) is 2.61. The zero-order chi connectivity index (χ0) is 14.5. The third kappa shape index (κ3) is 2.40. The Bertz CT molecular complexity index is 673. The summed E-state index contributed by atoms with van der Waals surface area (Å²) in [5, 5.41) is 9.33. The fraction of sp³-hybridized carbons (Fsp3) is 0.500. The van der Waals surface area contributed by atoms with E-state index >= 15 is 0 Å². The van der Waals surface area contributed by atoms with Gasteiger partial charge in [0.2, 0.25) is 0 Å². The first-order valence-electron chi connectivity index (χ1n) is 6.62. The Morgan fingerprint density at radius 3 is 2.55 bits per heavy atom. The van der Waals surface area contributed by atoms with Crippen LogP contribution in [0, 0.1) is 0 Å². The van der Waals surface area contributed by atoms with E-state index in [9.17, 15) is 18.3 Å². The number of carbonyl (C=O) groups is 1. The van der Waals surface area contributed by atoms with E-state index in [1.54, 1.807) is 6.07 Å². The predicted molar refractivity (Wildman–Crippen MR) is 73.0 cm³/mol. The van der Waals surface area contributed by atoms with Gasteiger partial charge in [-0.05, 0) is 42.4 Å². The van der Waals surface area contributed by atoms with E-state index in [0.29, 0.717) is 18.8 Å². The summed E-state index contributed by atoms with van der Waals surface area (Å²) in [7, 11) is -3.34. The number of hydrogen-bond acceptors (Lipinski definition) is 4. The van der Waals surface area contributed by atoms with E-state index in [1.807, 2.05) is 6.07 Å². The molecule has 0 spiro atoms. The number of fused-ring (bicyclic) bond motifs is 1. The number of aryl methyl sites for hydroxylation is 1. The molecule has 3 rings (SSSR count). The minimum absolute atomic E-state index is 0.0813. The van der Waals surface area contributed by atoms with Gasteiger partial charge in [-0.25, -0.2) is 13.2 Å². The summed E-state index contributed by atoms with van der Waals surface area (Å²) in [6, 6.07) is 3.60. The second kappa shape index (κ2) is 4.48. The lowest BCUT2D eigenvalue weighted by molar-refractivity contribution is 0.0689. The van der Waals surface area contributed by atoms with E-state index in [0.717, 1.165) is 30.2 Å². The maximum Gasteiger partial charge on any atom is 0.339 e. The van der Waals surface area contributed by atoms with Crippen LogP contribution >= 0.6 is 0 Å². The van der Waals surface area contributed by atoms with Gasteiger partial charge < -0.3 is 9.84 Å². The lowest BCUT2D eigenvalue weighted by atomic mass is 9.97. The minimum Gasteiger partial charge on any atom is -0.478 e. The molecule has 1 aliphatic heterocycles. The van der Waals surface area contributed by atoms with Gasteiger partial charge in [0.05, 0.1) is 0 Å². The van der Waals surface area contributed by atoms with Crippen molar-refractivity contribution in [1.29, 1.82) is 0 Å². The molecule has 1 fully saturated rings. The SMILES string of the molecule is CS(=O)(=O)C1CCc2cc(C3CC3)cc(C(=O)O)c2O1. The molecule has 20 heavy (non-hydrogen) atoms. The maximum atomic E-state index is 11.6. The van der Waals surface area contributed by atoms with Gasteiger partial charge in [0.25, 0.3) is 0 Å². The Morgan fingerprint density at radius 1 is 1.30 bits per heavy atom. The molecule has 0 amide bonds. The molecule has 1 N–H and O–H groups in total. The molecule has 0 saturated heterocycles. The van der Waals surface area contributed by atoms with Crippen molar-refractivity contribution in [2.45, 2.75) is 37.0 Å². The summed E-state index contributed by atoms with van der Waals surface area (Å²) < 4.78 is 28.7. The number of carboxylic acid groups (broad SMARTS) is 1. The lowest BCUT2D eigenvalue weighted by Gasteiger charge is -2.26. The predicted octanol–water partition coefficient (Wildman–Crippen LogP) is 1.96. The molecule has 1 aromatic rings. The van der Waals surface area contributed by atoms with E-state index < -0.39 is 21.2 Å². The highest BCUT2D eigenvalue weighted by Gasteiger charge is 2.33.